The van der Waals surface area contributed by atoms with Crippen molar-refractivity contribution in [2.45, 2.75) is 59.2 Å². The molecule has 0 spiro atoms. The summed E-state index contributed by atoms with van der Waals surface area (Å²) >= 11 is 3.32. The number of aryl methyl sites for hydroxylation is 3. The van der Waals surface area contributed by atoms with Crippen LogP contribution in [0.25, 0.3) is 22.0 Å². The molecule has 220 valence electrons. The summed E-state index contributed by atoms with van der Waals surface area (Å²) in [5.41, 5.74) is 8.80. The van der Waals surface area contributed by atoms with Crippen LogP contribution in [-0.2, 0) is 20.9 Å². The van der Waals surface area contributed by atoms with Gasteiger partial charge in [0.15, 0.2) is 5.78 Å². The number of rotatable bonds is 7. The van der Waals surface area contributed by atoms with Crippen molar-refractivity contribution in [2.24, 2.45) is 11.1 Å². The number of piperidine rings is 1. The molecule has 1 saturated heterocycles. The lowest BCUT2D eigenvalue weighted by Gasteiger charge is -2.27. The molecule has 3 N–H and O–H groups in total. The van der Waals surface area contributed by atoms with Gasteiger partial charge in [0.1, 0.15) is 34.5 Å². The molecule has 2 aliphatic rings. The molecule has 0 radical (unpaired) electrons. The van der Waals surface area contributed by atoms with Crippen LogP contribution < -0.4 is 11.1 Å². The Kier molecular flexibility index (Phi) is 6.87. The molecule has 12 nitrogen and oxygen atoms in total. The highest BCUT2D eigenvalue weighted by atomic mass is 79.9. The van der Waals surface area contributed by atoms with Crippen LogP contribution in [0.15, 0.2) is 41.3 Å². The standard InChI is InChI=1S/C30H29BrN8O4/c1-14-5-6-23(31)35-27(14)36-28(42)21-9-30(29(32)43)10-22(30)39(21)24(41)13-38-26-15(2)7-18(19-11-33-17(4)34-12-19)8-20(26)25(37-38)16(3)40/h5-8,11-12,21-22H,9-10,13H2,1-4H3,(H2,32,43)(H,35,36,42)/t21-,22+,30+/m0/s1. The van der Waals surface area contributed by atoms with E-state index in [-0.39, 0.29) is 24.4 Å². The molecule has 4 aromatic rings. The number of pyridine rings is 1. The fourth-order valence-electron chi connectivity index (χ4n) is 6.11. The summed E-state index contributed by atoms with van der Waals surface area (Å²) in [5, 5.41) is 7.96. The molecule has 0 bridgehead atoms. The van der Waals surface area contributed by atoms with Crippen LogP contribution in [-0.4, -0.2) is 65.2 Å². The third kappa shape index (κ3) is 4.86. The van der Waals surface area contributed by atoms with E-state index in [0.717, 1.165) is 22.3 Å². The number of hydrogen-bond acceptors (Lipinski definition) is 8. The van der Waals surface area contributed by atoms with Crippen LogP contribution in [0.2, 0.25) is 0 Å². The van der Waals surface area contributed by atoms with E-state index in [1.54, 1.807) is 25.4 Å². The lowest BCUT2D eigenvalue weighted by Crippen LogP contribution is -2.47. The van der Waals surface area contributed by atoms with Gasteiger partial charge in [-0.05, 0) is 84.4 Å². The fourth-order valence-corrected chi connectivity index (χ4v) is 6.42. The Morgan fingerprint density at radius 1 is 1.05 bits per heavy atom. The van der Waals surface area contributed by atoms with Crippen molar-refractivity contribution in [3.05, 3.63) is 63.9 Å². The summed E-state index contributed by atoms with van der Waals surface area (Å²) in [6.45, 7) is 6.68. The van der Waals surface area contributed by atoms with Crippen molar-refractivity contribution in [3.63, 3.8) is 0 Å². The Morgan fingerprint density at radius 2 is 1.77 bits per heavy atom. The van der Waals surface area contributed by atoms with Crippen LogP contribution in [0.3, 0.4) is 0 Å². The number of halogens is 1. The maximum absolute atomic E-state index is 14.0. The number of nitrogens with zero attached hydrogens (tertiary/aromatic N) is 6. The second-order valence-electron chi connectivity index (χ2n) is 11.3. The number of anilines is 1. The van der Waals surface area contributed by atoms with Crippen molar-refractivity contribution in [1.29, 1.82) is 0 Å². The highest BCUT2D eigenvalue weighted by Crippen LogP contribution is 2.59. The summed E-state index contributed by atoms with van der Waals surface area (Å²) in [4.78, 5) is 67.0. The van der Waals surface area contributed by atoms with Gasteiger partial charge >= 0.3 is 0 Å². The molecule has 1 saturated carbocycles. The Bertz CT molecular complexity index is 1850. The quantitative estimate of drug-likeness (QED) is 0.228. The monoisotopic (exact) mass is 644 g/mol. The number of carbonyl (C=O) groups is 4. The van der Waals surface area contributed by atoms with Crippen LogP contribution in [0.5, 0.6) is 0 Å². The van der Waals surface area contributed by atoms with Crippen molar-refractivity contribution in [3.8, 4) is 11.1 Å². The molecule has 0 unspecified atom stereocenters. The predicted molar refractivity (Wildman–Crippen MR) is 161 cm³/mol. The van der Waals surface area contributed by atoms with E-state index in [1.807, 2.05) is 32.0 Å². The van der Waals surface area contributed by atoms with Crippen molar-refractivity contribution in [2.75, 3.05) is 5.32 Å². The van der Waals surface area contributed by atoms with E-state index in [9.17, 15) is 19.2 Å². The molecular weight excluding hydrogens is 616 g/mol. The highest BCUT2D eigenvalue weighted by molar-refractivity contribution is 9.10. The lowest BCUT2D eigenvalue weighted by atomic mass is 9.98. The van der Waals surface area contributed by atoms with Gasteiger partial charge in [-0.3, -0.25) is 23.9 Å². The second-order valence-corrected chi connectivity index (χ2v) is 12.1. The molecule has 13 heteroatoms. The molecule has 3 aromatic heterocycles. The molecular formula is C30H29BrN8O4. The van der Waals surface area contributed by atoms with Crippen LogP contribution >= 0.6 is 15.9 Å². The summed E-state index contributed by atoms with van der Waals surface area (Å²) in [7, 11) is 0. The van der Waals surface area contributed by atoms with Gasteiger partial charge in [0, 0.05) is 36.3 Å². The summed E-state index contributed by atoms with van der Waals surface area (Å²) in [5.74, 6) is -0.641. The van der Waals surface area contributed by atoms with Crippen molar-refractivity contribution >= 4 is 56.2 Å². The SMILES string of the molecule is CC(=O)c1nn(CC(=O)N2[C@H](C(=O)Nc3nc(Br)ccc3C)C[C@@]3(C(N)=O)C[C@@H]23)c2c(C)cc(-c3cnc(C)nc3)cc12. The smallest absolute Gasteiger partial charge is 0.248 e. The van der Waals surface area contributed by atoms with E-state index >= 15 is 0 Å². The number of benzene rings is 1. The van der Waals surface area contributed by atoms with Crippen molar-refractivity contribution in [1.82, 2.24) is 29.6 Å². The van der Waals surface area contributed by atoms with Crippen LogP contribution in [0.4, 0.5) is 5.82 Å². The summed E-state index contributed by atoms with van der Waals surface area (Å²) in [6, 6.07) is 5.93. The molecule has 1 aliphatic heterocycles. The molecule has 1 aromatic carbocycles. The number of amides is 3. The van der Waals surface area contributed by atoms with E-state index in [2.05, 4.69) is 41.3 Å². The first kappa shape index (κ1) is 28.6. The highest BCUT2D eigenvalue weighted by Gasteiger charge is 2.70. The largest absolute Gasteiger partial charge is 0.369 e. The minimum atomic E-state index is -0.949. The number of nitrogens with one attached hydrogen (secondary N) is 1. The van der Waals surface area contributed by atoms with Crippen LogP contribution in [0, 0.1) is 26.2 Å². The Morgan fingerprint density at radius 3 is 2.44 bits per heavy atom. The molecule has 1 aliphatic carbocycles. The number of aromatic nitrogens is 5. The topological polar surface area (TPSA) is 166 Å². The first-order valence-corrected chi connectivity index (χ1v) is 14.5. The maximum Gasteiger partial charge on any atom is 0.248 e. The number of likely N-dealkylation sites (tertiary alicyclic amines) is 1. The van der Waals surface area contributed by atoms with E-state index in [0.29, 0.717) is 33.6 Å². The maximum atomic E-state index is 14.0. The van der Waals surface area contributed by atoms with Gasteiger partial charge in [-0.15, -0.1) is 0 Å². The number of hydrogen-bond donors (Lipinski definition) is 2. The van der Waals surface area contributed by atoms with Gasteiger partial charge in [-0.25, -0.2) is 15.0 Å². The van der Waals surface area contributed by atoms with Gasteiger partial charge in [-0.1, -0.05) is 6.07 Å². The van der Waals surface area contributed by atoms with E-state index < -0.39 is 35.2 Å². The Labute approximate surface area is 255 Å². The zero-order chi connectivity index (χ0) is 30.8. The van der Waals surface area contributed by atoms with Crippen molar-refractivity contribution < 1.29 is 19.2 Å². The number of carbonyl (C=O) groups excluding carboxylic acids is 4. The van der Waals surface area contributed by atoms with Crippen LogP contribution in [0.1, 0.15) is 47.2 Å². The molecule has 6 rings (SSSR count). The van der Waals surface area contributed by atoms with E-state index in [1.165, 1.54) is 16.5 Å². The number of nitrogens with two attached hydrogens (primary N) is 1. The molecule has 2 fully saturated rings. The molecule has 43 heavy (non-hydrogen) atoms. The third-order valence-corrected chi connectivity index (χ3v) is 8.86. The lowest BCUT2D eigenvalue weighted by molar-refractivity contribution is -0.138. The fraction of sp³-hybridized carbons (Fsp3) is 0.333. The second kappa shape index (κ2) is 10.3. The Hall–Kier alpha value is -4.52. The van der Waals surface area contributed by atoms with E-state index in [4.69, 9.17) is 5.73 Å². The number of Topliss-reactive ketones (excluding diaryl/α,β-unsaturated/α-hetero) is 1. The third-order valence-electron chi connectivity index (χ3n) is 8.42. The summed E-state index contributed by atoms with van der Waals surface area (Å²) < 4.78 is 2.05. The zero-order valence-electron chi connectivity index (χ0n) is 24.0. The zero-order valence-corrected chi connectivity index (χ0v) is 25.6. The summed E-state index contributed by atoms with van der Waals surface area (Å²) in [6.07, 6.45) is 3.95. The van der Waals surface area contributed by atoms with Gasteiger partial charge < -0.3 is 16.0 Å². The number of ketones is 1. The number of primary amides is 1. The molecule has 3 atom stereocenters. The average molecular weight is 646 g/mol. The first-order valence-electron chi connectivity index (χ1n) is 13.8. The average Bonchev–Trinajstić information content (AvgIpc) is 3.39. The van der Waals surface area contributed by atoms with Gasteiger partial charge in [0.2, 0.25) is 17.7 Å². The normalized spacial score (nSPS) is 20.6. The Balaban J connectivity index is 1.34. The first-order chi connectivity index (χ1) is 20.4. The number of fused-ring (bicyclic) bond motifs is 2. The van der Waals surface area contributed by atoms with Gasteiger partial charge in [0.05, 0.1) is 10.9 Å². The molecule has 4 heterocycles. The minimum absolute atomic E-state index is 0.122. The van der Waals surface area contributed by atoms with Gasteiger partial charge in [0.25, 0.3) is 0 Å². The predicted octanol–water partition coefficient (Wildman–Crippen LogP) is 3.26. The van der Waals surface area contributed by atoms with Gasteiger partial charge in [-0.2, -0.15) is 5.10 Å². The minimum Gasteiger partial charge on any atom is -0.369 e. The molecule has 3 amide bonds.